The zero-order chi connectivity index (χ0) is 13.9. The molecule has 3 heteroatoms. The number of hydrogen-bond donors (Lipinski definition) is 1. The number of pyridine rings is 1. The summed E-state index contributed by atoms with van der Waals surface area (Å²) in [5.41, 5.74) is 1.35. The largest absolute Gasteiger partial charge is 0.370 e. The Morgan fingerprint density at radius 1 is 1.10 bits per heavy atom. The lowest BCUT2D eigenvalue weighted by atomic mass is 10.0. The van der Waals surface area contributed by atoms with Gasteiger partial charge in [-0.05, 0) is 37.1 Å². The molecule has 1 aromatic heterocycles. The van der Waals surface area contributed by atoms with E-state index in [1.807, 2.05) is 12.4 Å². The monoisotopic (exact) mass is 269 g/mol. The number of rotatable bonds is 1. The molecule has 2 unspecified atom stereocenters. The highest BCUT2D eigenvalue weighted by molar-refractivity contribution is 5.93. The lowest BCUT2D eigenvalue weighted by molar-refractivity contribution is 0.411. The topological polar surface area (TPSA) is 28.2 Å². The molecule has 1 N–H and O–H groups in total. The van der Waals surface area contributed by atoms with Gasteiger partial charge in [-0.1, -0.05) is 26.0 Å². The van der Waals surface area contributed by atoms with Crippen molar-refractivity contribution in [3.8, 4) is 0 Å². The van der Waals surface area contributed by atoms with Gasteiger partial charge in [-0.3, -0.25) is 4.98 Å². The Labute approximate surface area is 121 Å². The maximum absolute atomic E-state index is 4.23. The highest BCUT2D eigenvalue weighted by Gasteiger charge is 2.18. The van der Waals surface area contributed by atoms with Gasteiger partial charge in [0.2, 0.25) is 0 Å². The highest BCUT2D eigenvalue weighted by atomic mass is 15.1. The molecule has 0 saturated carbocycles. The Hall–Kier alpha value is -1.61. The van der Waals surface area contributed by atoms with Gasteiger partial charge in [0.1, 0.15) is 0 Å². The molecule has 0 radical (unpaired) electrons. The number of benzene rings is 1. The predicted molar refractivity (Wildman–Crippen MR) is 85.2 cm³/mol. The molecule has 1 aliphatic heterocycles. The maximum atomic E-state index is 4.23. The Kier molecular flexibility index (Phi) is 3.88. The van der Waals surface area contributed by atoms with Gasteiger partial charge in [0.05, 0.1) is 0 Å². The standard InChI is InChI=1S/C17H23N3/c1-13-8-19-9-14(2)12-20(11-13)17-5-3-4-15-10-18-7-6-16(15)17/h3-7,10,13-14,19H,8-9,11-12H2,1-2H3. The van der Waals surface area contributed by atoms with Crippen LogP contribution in [-0.4, -0.2) is 31.2 Å². The smallest absolute Gasteiger partial charge is 0.0447 e. The van der Waals surface area contributed by atoms with Crippen LogP contribution in [0.25, 0.3) is 10.8 Å². The van der Waals surface area contributed by atoms with Gasteiger partial charge in [0.15, 0.2) is 0 Å². The molecule has 1 aromatic carbocycles. The van der Waals surface area contributed by atoms with Gasteiger partial charge in [-0.25, -0.2) is 0 Å². The number of nitrogens with one attached hydrogen (secondary N) is 1. The zero-order valence-corrected chi connectivity index (χ0v) is 12.3. The average Bonchev–Trinajstić information content (AvgIpc) is 2.44. The van der Waals surface area contributed by atoms with Gasteiger partial charge >= 0.3 is 0 Å². The minimum Gasteiger partial charge on any atom is -0.370 e. The van der Waals surface area contributed by atoms with E-state index in [2.05, 4.69) is 53.3 Å². The van der Waals surface area contributed by atoms with Crippen molar-refractivity contribution in [3.05, 3.63) is 36.7 Å². The van der Waals surface area contributed by atoms with Gasteiger partial charge in [0.25, 0.3) is 0 Å². The number of hydrogen-bond acceptors (Lipinski definition) is 3. The molecular formula is C17H23N3. The quantitative estimate of drug-likeness (QED) is 0.863. The Bertz CT molecular complexity index is 564. The average molecular weight is 269 g/mol. The summed E-state index contributed by atoms with van der Waals surface area (Å²) in [4.78, 5) is 6.79. The predicted octanol–water partition coefficient (Wildman–Crippen LogP) is 2.92. The summed E-state index contributed by atoms with van der Waals surface area (Å²) in [6.07, 6.45) is 3.85. The lowest BCUT2D eigenvalue weighted by Crippen LogP contribution is -2.42. The van der Waals surface area contributed by atoms with E-state index < -0.39 is 0 Å². The number of nitrogens with zero attached hydrogens (tertiary/aromatic N) is 2. The van der Waals surface area contributed by atoms with E-state index in [-0.39, 0.29) is 0 Å². The van der Waals surface area contributed by atoms with Gasteiger partial charge < -0.3 is 10.2 Å². The van der Waals surface area contributed by atoms with E-state index in [1.165, 1.54) is 16.5 Å². The molecule has 0 spiro atoms. The van der Waals surface area contributed by atoms with Crippen LogP contribution >= 0.6 is 0 Å². The van der Waals surface area contributed by atoms with Gasteiger partial charge in [0, 0.05) is 41.9 Å². The Morgan fingerprint density at radius 2 is 1.85 bits per heavy atom. The summed E-state index contributed by atoms with van der Waals surface area (Å²) < 4.78 is 0. The van der Waals surface area contributed by atoms with E-state index in [9.17, 15) is 0 Å². The summed E-state index contributed by atoms with van der Waals surface area (Å²) >= 11 is 0. The van der Waals surface area contributed by atoms with Crippen LogP contribution in [0.5, 0.6) is 0 Å². The van der Waals surface area contributed by atoms with Crippen LogP contribution < -0.4 is 10.2 Å². The third-order valence-electron chi connectivity index (χ3n) is 4.05. The molecule has 2 atom stereocenters. The van der Waals surface area contributed by atoms with E-state index in [4.69, 9.17) is 0 Å². The normalized spacial score (nSPS) is 24.4. The first kappa shape index (κ1) is 13.4. The summed E-state index contributed by atoms with van der Waals surface area (Å²) in [5, 5.41) is 6.10. The molecule has 0 amide bonds. The molecule has 0 bridgehead atoms. The van der Waals surface area contributed by atoms with Gasteiger partial charge in [-0.15, -0.1) is 0 Å². The van der Waals surface area contributed by atoms with E-state index in [0.29, 0.717) is 11.8 Å². The van der Waals surface area contributed by atoms with Gasteiger partial charge in [-0.2, -0.15) is 0 Å². The van der Waals surface area contributed by atoms with Crippen LogP contribution in [0, 0.1) is 11.8 Å². The first-order valence-electron chi connectivity index (χ1n) is 7.52. The second kappa shape index (κ2) is 5.80. The van der Waals surface area contributed by atoms with E-state index in [1.54, 1.807) is 0 Å². The summed E-state index contributed by atoms with van der Waals surface area (Å²) in [6.45, 7) is 9.07. The fourth-order valence-electron chi connectivity index (χ4n) is 3.11. The van der Waals surface area contributed by atoms with E-state index >= 15 is 0 Å². The van der Waals surface area contributed by atoms with Crippen molar-refractivity contribution in [1.29, 1.82) is 0 Å². The van der Waals surface area contributed by atoms with Crippen molar-refractivity contribution in [2.45, 2.75) is 13.8 Å². The van der Waals surface area contributed by atoms with Crippen molar-refractivity contribution >= 4 is 16.5 Å². The SMILES string of the molecule is CC1CNCC(C)CN(c2cccc3cnccc23)C1. The summed E-state index contributed by atoms with van der Waals surface area (Å²) in [7, 11) is 0. The fraction of sp³-hybridized carbons (Fsp3) is 0.471. The molecule has 106 valence electrons. The molecule has 2 aromatic rings. The minimum atomic E-state index is 0.666. The minimum absolute atomic E-state index is 0.666. The molecule has 1 fully saturated rings. The molecule has 1 aliphatic rings. The van der Waals surface area contributed by atoms with E-state index in [0.717, 1.165) is 26.2 Å². The summed E-state index contributed by atoms with van der Waals surface area (Å²) in [5.74, 6) is 1.33. The molecule has 2 heterocycles. The molecule has 20 heavy (non-hydrogen) atoms. The second-order valence-electron chi connectivity index (χ2n) is 6.15. The zero-order valence-electron chi connectivity index (χ0n) is 12.3. The van der Waals surface area contributed by atoms with Crippen LogP contribution in [-0.2, 0) is 0 Å². The number of anilines is 1. The Morgan fingerprint density at radius 3 is 2.60 bits per heavy atom. The number of fused-ring (bicyclic) bond motifs is 1. The third-order valence-corrected chi connectivity index (χ3v) is 4.05. The first-order chi connectivity index (χ1) is 9.74. The van der Waals surface area contributed by atoms with Crippen molar-refractivity contribution < 1.29 is 0 Å². The van der Waals surface area contributed by atoms with Crippen LogP contribution in [0.3, 0.4) is 0 Å². The Balaban J connectivity index is 1.98. The molecular weight excluding hydrogens is 246 g/mol. The molecule has 0 aliphatic carbocycles. The fourth-order valence-corrected chi connectivity index (χ4v) is 3.11. The van der Waals surface area contributed by atoms with Crippen molar-refractivity contribution in [2.24, 2.45) is 11.8 Å². The number of aromatic nitrogens is 1. The van der Waals surface area contributed by atoms with Crippen LogP contribution in [0.15, 0.2) is 36.7 Å². The van der Waals surface area contributed by atoms with Crippen LogP contribution in [0.4, 0.5) is 5.69 Å². The third kappa shape index (κ3) is 2.78. The summed E-state index contributed by atoms with van der Waals surface area (Å²) in [6, 6.07) is 8.67. The highest BCUT2D eigenvalue weighted by Crippen LogP contribution is 2.27. The van der Waals surface area contributed by atoms with Crippen molar-refractivity contribution in [1.82, 2.24) is 10.3 Å². The van der Waals surface area contributed by atoms with Crippen LogP contribution in [0.2, 0.25) is 0 Å². The maximum Gasteiger partial charge on any atom is 0.0447 e. The van der Waals surface area contributed by atoms with Crippen molar-refractivity contribution in [3.63, 3.8) is 0 Å². The molecule has 1 saturated heterocycles. The van der Waals surface area contributed by atoms with Crippen molar-refractivity contribution in [2.75, 3.05) is 31.1 Å². The molecule has 3 rings (SSSR count). The van der Waals surface area contributed by atoms with Crippen LogP contribution in [0.1, 0.15) is 13.8 Å². The molecule has 3 nitrogen and oxygen atoms in total. The second-order valence-corrected chi connectivity index (χ2v) is 6.15. The first-order valence-corrected chi connectivity index (χ1v) is 7.52. The lowest BCUT2D eigenvalue weighted by Gasteiger charge is -2.34.